The molecule has 0 amide bonds. The summed E-state index contributed by atoms with van der Waals surface area (Å²) in [5.41, 5.74) is 1.35. The number of aromatic nitrogens is 1. The third-order valence-electron chi connectivity index (χ3n) is 1.16. The van der Waals surface area contributed by atoms with Crippen LogP contribution < -0.4 is 0 Å². The number of pyridine rings is 1. The van der Waals surface area contributed by atoms with Crippen LogP contribution >= 0.6 is 0 Å². The van der Waals surface area contributed by atoms with Gasteiger partial charge in [0, 0.05) is 42.0 Å². The molecule has 54 valence electrons. The van der Waals surface area contributed by atoms with Crippen LogP contribution in [0.5, 0.6) is 0 Å². The van der Waals surface area contributed by atoms with Crippen LogP contribution in [0.3, 0.4) is 0 Å². The van der Waals surface area contributed by atoms with Gasteiger partial charge in [-0.3, -0.25) is 4.98 Å². The van der Waals surface area contributed by atoms with E-state index in [2.05, 4.69) is 35.1 Å². The molecule has 0 fully saturated rings. The zero-order chi connectivity index (χ0) is 9.40. The number of nitrogens with zero attached hydrogens (tertiary/aromatic N) is 1. The van der Waals surface area contributed by atoms with E-state index in [-0.39, 0.29) is 0 Å². The Kier molecular flexibility index (Phi) is 6.73. The van der Waals surface area contributed by atoms with E-state index in [9.17, 15) is 0 Å². The molecule has 0 atom stereocenters. The molecule has 0 aromatic carbocycles. The van der Waals surface area contributed by atoms with E-state index in [0.717, 1.165) is 6.42 Å². The Hall–Kier alpha value is -0.590. The van der Waals surface area contributed by atoms with Crippen molar-refractivity contribution in [1.82, 2.24) is 4.98 Å². The summed E-state index contributed by atoms with van der Waals surface area (Å²) in [6.45, 7) is 2.13. The van der Waals surface area contributed by atoms with E-state index in [1.165, 1.54) is 5.56 Å². The lowest BCUT2D eigenvalue weighted by molar-refractivity contribution is 1.12. The lowest BCUT2D eigenvalue weighted by atomic mass is 9.08. The molecule has 1 heterocycles. The molecule has 12 heavy (non-hydrogen) atoms. The summed E-state index contributed by atoms with van der Waals surface area (Å²) in [5, 5.41) is 0. The molecule has 0 N–H and O–H groups in total. The molecule has 0 aliphatic heterocycles. The molecule has 0 saturated heterocycles. The van der Waals surface area contributed by atoms with Crippen molar-refractivity contribution >= 4 is 29.6 Å². The van der Waals surface area contributed by atoms with E-state index < -0.39 is 6.39 Å². The average molecular weight is 150 g/mol. The molecule has 0 spiro atoms. The lowest BCUT2D eigenvalue weighted by Crippen LogP contribution is -2.11. The minimum atomic E-state index is -0.667. The van der Waals surface area contributed by atoms with E-state index >= 15 is 0 Å². The molecule has 0 saturated carbocycles. The molecule has 1 aromatic heterocycles. The summed E-state index contributed by atoms with van der Waals surface area (Å²) in [7, 11) is 14.0. The Morgan fingerprint density at radius 1 is 1.25 bits per heavy atom. The summed E-state index contributed by atoms with van der Waals surface area (Å²) < 4.78 is 0. The fourth-order valence-corrected chi connectivity index (χ4v) is 0.618. The van der Waals surface area contributed by atoms with Crippen molar-refractivity contribution in [2.45, 2.75) is 13.3 Å². The predicted octanol–water partition coefficient (Wildman–Crippen LogP) is 0.121. The summed E-state index contributed by atoms with van der Waals surface area (Å²) in [6.07, 6.45) is 4.07. The van der Waals surface area contributed by atoms with Gasteiger partial charge in [0.1, 0.15) is 0 Å². The van der Waals surface area contributed by atoms with Gasteiger partial charge in [0.2, 0.25) is 0 Å². The second-order valence-corrected chi connectivity index (χ2v) is 2.29. The predicted molar refractivity (Wildman–Crippen MR) is 56.6 cm³/mol. The Morgan fingerprint density at radius 2 is 1.67 bits per heavy atom. The maximum atomic E-state index is 4.67. The van der Waals surface area contributed by atoms with E-state index in [4.69, 9.17) is 0 Å². The zero-order valence-electron chi connectivity index (χ0n) is 7.27. The van der Waals surface area contributed by atoms with E-state index in [1.54, 1.807) is 0 Å². The highest BCUT2D eigenvalue weighted by molar-refractivity contribution is 7.49. The Labute approximate surface area is 78.6 Å². The first-order valence-corrected chi connectivity index (χ1v) is 3.82. The number of hydrogen-bond donors (Lipinski definition) is 0. The van der Waals surface area contributed by atoms with Crippen LogP contribution in [0, 0.1) is 0 Å². The topological polar surface area (TPSA) is 12.9 Å². The first-order chi connectivity index (χ1) is 5.66. The van der Waals surface area contributed by atoms with Gasteiger partial charge >= 0.3 is 0 Å². The second kappa shape index (κ2) is 7.08. The molecular weight excluding hydrogens is 141 g/mol. The smallest absolute Gasteiger partial charge is 0.0270 e. The highest BCUT2D eigenvalue weighted by Gasteiger charge is 1.80. The van der Waals surface area contributed by atoms with Crippen LogP contribution in [0.2, 0.25) is 0 Å². The van der Waals surface area contributed by atoms with Crippen molar-refractivity contribution in [3.05, 3.63) is 30.1 Å². The minimum absolute atomic E-state index is 0.667. The summed E-state index contributed by atoms with van der Waals surface area (Å²) in [5.74, 6) is 0. The SMILES string of the molecule is CCc1ccncc1.[B]B([B])[B]. The average Bonchev–Trinajstić information content (AvgIpc) is 2.05. The molecule has 0 aliphatic carbocycles. The van der Waals surface area contributed by atoms with Gasteiger partial charge < -0.3 is 0 Å². The van der Waals surface area contributed by atoms with Crippen LogP contribution in [0.1, 0.15) is 12.5 Å². The Balaban J connectivity index is 0.000000261. The monoisotopic (exact) mass is 151 g/mol. The van der Waals surface area contributed by atoms with Crippen LogP contribution in [0.25, 0.3) is 0 Å². The summed E-state index contributed by atoms with van der Waals surface area (Å²) in [6, 6.07) is 4.06. The Bertz CT molecular complexity index is 187. The van der Waals surface area contributed by atoms with Crippen LogP contribution in [-0.2, 0) is 6.42 Å². The third kappa shape index (κ3) is 7.52. The van der Waals surface area contributed by atoms with Crippen LogP contribution in [0.4, 0.5) is 0 Å². The van der Waals surface area contributed by atoms with Gasteiger partial charge in [-0.15, -0.1) is 0 Å². The van der Waals surface area contributed by atoms with Gasteiger partial charge in [-0.05, 0) is 24.1 Å². The van der Waals surface area contributed by atoms with E-state index in [0.29, 0.717) is 0 Å². The molecule has 6 radical (unpaired) electrons. The standard InChI is InChI=1S/C7H9N.B4/c1-2-7-3-5-8-6-4-7;1-4(2)3/h3-6H,2H2,1H3;. The highest BCUT2D eigenvalue weighted by atomic mass is 14.6. The fourth-order valence-electron chi connectivity index (χ4n) is 0.618. The number of aryl methyl sites for hydroxylation is 1. The first kappa shape index (κ1) is 11.4. The maximum absolute atomic E-state index is 4.67. The summed E-state index contributed by atoms with van der Waals surface area (Å²) >= 11 is 0. The van der Waals surface area contributed by atoms with Gasteiger partial charge in [-0.2, -0.15) is 0 Å². The van der Waals surface area contributed by atoms with Gasteiger partial charge in [-0.1, -0.05) is 6.92 Å². The molecule has 1 nitrogen and oxygen atoms in total. The normalized spacial score (nSPS) is 8.08. The fraction of sp³-hybridized carbons (Fsp3) is 0.286. The van der Waals surface area contributed by atoms with Crippen molar-refractivity contribution in [2.75, 3.05) is 0 Å². The van der Waals surface area contributed by atoms with Gasteiger partial charge in [-0.25, -0.2) is 0 Å². The van der Waals surface area contributed by atoms with Crippen LogP contribution in [-0.4, -0.2) is 34.6 Å². The van der Waals surface area contributed by atoms with Crippen LogP contribution in [0.15, 0.2) is 24.5 Å². The molecular formula is C7H9B4N. The van der Waals surface area contributed by atoms with Crippen molar-refractivity contribution in [1.29, 1.82) is 0 Å². The second-order valence-electron chi connectivity index (χ2n) is 2.29. The van der Waals surface area contributed by atoms with Crippen molar-refractivity contribution in [3.63, 3.8) is 0 Å². The lowest BCUT2D eigenvalue weighted by Gasteiger charge is -1.89. The molecule has 0 bridgehead atoms. The largest absolute Gasteiger partial charge is 0.265 e. The highest BCUT2D eigenvalue weighted by Crippen LogP contribution is 1.94. The summed E-state index contributed by atoms with van der Waals surface area (Å²) in [4.78, 5) is 3.89. The van der Waals surface area contributed by atoms with Gasteiger partial charge in [0.25, 0.3) is 0 Å². The maximum Gasteiger partial charge on any atom is 0.0270 e. The molecule has 0 aliphatic rings. The first-order valence-electron chi connectivity index (χ1n) is 3.82. The third-order valence-corrected chi connectivity index (χ3v) is 1.16. The molecule has 0 unspecified atom stereocenters. The van der Waals surface area contributed by atoms with Gasteiger partial charge in [0.15, 0.2) is 0 Å². The quantitative estimate of drug-likeness (QED) is 0.518. The molecule has 5 heteroatoms. The van der Waals surface area contributed by atoms with Gasteiger partial charge in [0.05, 0.1) is 0 Å². The van der Waals surface area contributed by atoms with Crippen molar-refractivity contribution in [3.8, 4) is 0 Å². The zero-order valence-corrected chi connectivity index (χ0v) is 7.27. The van der Waals surface area contributed by atoms with Crippen molar-refractivity contribution in [2.24, 2.45) is 0 Å². The minimum Gasteiger partial charge on any atom is -0.265 e. The number of hydrogen-bond acceptors (Lipinski definition) is 1. The molecule has 1 rings (SSSR count). The van der Waals surface area contributed by atoms with Crippen molar-refractivity contribution < 1.29 is 0 Å². The van der Waals surface area contributed by atoms with E-state index in [1.807, 2.05) is 24.5 Å². The molecule has 1 aromatic rings. The number of rotatable bonds is 1. The Morgan fingerprint density at radius 3 is 1.92 bits per heavy atom.